The number of anilines is 2. The number of likely N-dealkylation sites (N-methyl/N-ethyl adjacent to an activating group) is 1. The van der Waals surface area contributed by atoms with Gasteiger partial charge in [0.25, 0.3) is 5.91 Å². The molecule has 36 heavy (non-hydrogen) atoms. The second-order valence-electron chi connectivity index (χ2n) is 9.63. The molecule has 0 unspecified atom stereocenters. The highest BCUT2D eigenvalue weighted by atomic mass is 16.5. The topological polar surface area (TPSA) is 106 Å². The van der Waals surface area contributed by atoms with Crippen molar-refractivity contribution in [2.45, 2.75) is 50.4 Å². The molecule has 0 aromatic heterocycles. The van der Waals surface area contributed by atoms with Crippen LogP contribution in [0.1, 0.15) is 42.5 Å². The second-order valence-corrected chi connectivity index (χ2v) is 9.63. The number of carbonyl (C=O) groups excluding carboxylic acids is 3. The maximum absolute atomic E-state index is 13.3. The number of benzene rings is 2. The van der Waals surface area contributed by atoms with Crippen molar-refractivity contribution >= 4 is 29.1 Å². The predicted molar refractivity (Wildman–Crippen MR) is 133 cm³/mol. The van der Waals surface area contributed by atoms with Crippen molar-refractivity contribution in [3.8, 4) is 11.5 Å². The van der Waals surface area contributed by atoms with E-state index in [-0.39, 0.29) is 54.9 Å². The van der Waals surface area contributed by atoms with Gasteiger partial charge in [-0.05, 0) is 56.0 Å². The Morgan fingerprint density at radius 3 is 2.64 bits per heavy atom. The minimum Gasteiger partial charge on any atom is -0.497 e. The van der Waals surface area contributed by atoms with Gasteiger partial charge in [0.1, 0.15) is 24.2 Å². The average Bonchev–Trinajstić information content (AvgIpc) is 3.72. The monoisotopic (exact) mass is 493 g/mol. The molecule has 3 aliphatic rings. The molecule has 3 atom stereocenters. The molecule has 0 bridgehead atoms. The molecule has 2 heterocycles. The number of carbonyl (C=O) groups is 3. The minimum absolute atomic E-state index is 0.00950. The van der Waals surface area contributed by atoms with Gasteiger partial charge in [0.2, 0.25) is 11.8 Å². The van der Waals surface area contributed by atoms with E-state index in [1.807, 2.05) is 18.2 Å². The fourth-order valence-corrected chi connectivity index (χ4v) is 4.81. The van der Waals surface area contributed by atoms with E-state index in [2.05, 4.69) is 10.6 Å². The first-order chi connectivity index (χ1) is 17.4. The fourth-order valence-electron chi connectivity index (χ4n) is 4.81. The number of rotatable bonds is 6. The van der Waals surface area contributed by atoms with Crippen LogP contribution in [0, 0.1) is 5.92 Å². The molecule has 2 aliphatic heterocycles. The third kappa shape index (κ3) is 5.31. The van der Waals surface area contributed by atoms with Crippen LogP contribution in [0.3, 0.4) is 0 Å². The molecule has 190 valence electrons. The lowest BCUT2D eigenvalue weighted by Crippen LogP contribution is -2.53. The summed E-state index contributed by atoms with van der Waals surface area (Å²) in [5.41, 5.74) is 1.68. The van der Waals surface area contributed by atoms with Crippen LogP contribution in [0.2, 0.25) is 0 Å². The number of amides is 3. The van der Waals surface area contributed by atoms with Gasteiger partial charge < -0.3 is 29.7 Å². The third-order valence-electron chi connectivity index (χ3n) is 6.99. The predicted octanol–water partition coefficient (Wildman–Crippen LogP) is 3.45. The second kappa shape index (κ2) is 10.2. The molecule has 3 amide bonds. The van der Waals surface area contributed by atoms with Crippen molar-refractivity contribution in [1.29, 1.82) is 0 Å². The van der Waals surface area contributed by atoms with Gasteiger partial charge in [0.15, 0.2) is 0 Å². The average molecular weight is 494 g/mol. The number of nitrogens with one attached hydrogen (secondary N) is 2. The van der Waals surface area contributed by atoms with E-state index >= 15 is 0 Å². The van der Waals surface area contributed by atoms with Gasteiger partial charge in [0, 0.05) is 30.4 Å². The number of fused-ring (bicyclic) bond motifs is 2. The van der Waals surface area contributed by atoms with Gasteiger partial charge in [-0.25, -0.2) is 0 Å². The van der Waals surface area contributed by atoms with Crippen LogP contribution in [-0.4, -0.2) is 61.6 Å². The van der Waals surface area contributed by atoms with Crippen LogP contribution in [-0.2, 0) is 14.3 Å². The Labute approximate surface area is 210 Å². The van der Waals surface area contributed by atoms with Crippen LogP contribution < -0.4 is 20.1 Å². The van der Waals surface area contributed by atoms with Crippen molar-refractivity contribution in [3.63, 3.8) is 0 Å². The van der Waals surface area contributed by atoms with Crippen LogP contribution in [0.15, 0.2) is 42.5 Å². The summed E-state index contributed by atoms with van der Waals surface area (Å²) in [6.07, 6.45) is 2.74. The lowest BCUT2D eigenvalue weighted by Gasteiger charge is -2.42. The van der Waals surface area contributed by atoms with E-state index < -0.39 is 0 Å². The van der Waals surface area contributed by atoms with Gasteiger partial charge in [-0.15, -0.1) is 0 Å². The summed E-state index contributed by atoms with van der Waals surface area (Å²) >= 11 is 0. The largest absolute Gasteiger partial charge is 0.497 e. The summed E-state index contributed by atoms with van der Waals surface area (Å²) < 4.78 is 17.5. The molecule has 2 N–H and O–H groups in total. The number of ether oxygens (including phenoxy) is 3. The van der Waals surface area contributed by atoms with Gasteiger partial charge in [-0.1, -0.05) is 6.07 Å². The van der Waals surface area contributed by atoms with E-state index in [4.69, 9.17) is 14.2 Å². The molecule has 5 rings (SSSR count). The van der Waals surface area contributed by atoms with Crippen molar-refractivity contribution in [3.05, 3.63) is 48.0 Å². The number of hydrogen-bond acceptors (Lipinski definition) is 6. The SMILES string of the molecule is COc1cccc(NC(=O)C[C@@H]2CC[C@H]3[C@H](COc4ccc(NC(=O)C5CC5)cc4C(=O)N3C)O2)c1. The molecule has 2 fully saturated rings. The van der Waals surface area contributed by atoms with Gasteiger partial charge >= 0.3 is 0 Å². The fraction of sp³-hybridized carbons (Fsp3) is 0.444. The summed E-state index contributed by atoms with van der Waals surface area (Å²) in [7, 11) is 3.35. The Kier molecular flexibility index (Phi) is 6.82. The molecule has 0 spiro atoms. The maximum Gasteiger partial charge on any atom is 0.257 e. The van der Waals surface area contributed by atoms with Crippen LogP contribution in [0.25, 0.3) is 0 Å². The summed E-state index contributed by atoms with van der Waals surface area (Å²) in [4.78, 5) is 39.8. The Hall–Kier alpha value is -3.59. The molecule has 1 aliphatic carbocycles. The summed E-state index contributed by atoms with van der Waals surface area (Å²) in [6.45, 7) is 0.261. The maximum atomic E-state index is 13.3. The summed E-state index contributed by atoms with van der Waals surface area (Å²) in [5, 5.41) is 5.79. The van der Waals surface area contributed by atoms with Gasteiger partial charge in [-0.3, -0.25) is 14.4 Å². The summed E-state index contributed by atoms with van der Waals surface area (Å²) in [5.74, 6) is 0.865. The number of methoxy groups -OCH3 is 1. The molecule has 2 aromatic rings. The molecule has 9 nitrogen and oxygen atoms in total. The Bertz CT molecular complexity index is 1160. The van der Waals surface area contributed by atoms with Crippen LogP contribution in [0.4, 0.5) is 11.4 Å². The molecule has 9 heteroatoms. The van der Waals surface area contributed by atoms with Crippen molar-refractivity contribution < 1.29 is 28.6 Å². The molecule has 2 aromatic carbocycles. The number of hydrogen-bond donors (Lipinski definition) is 2. The smallest absolute Gasteiger partial charge is 0.257 e. The highest BCUT2D eigenvalue weighted by molar-refractivity contribution is 6.00. The first-order valence-corrected chi connectivity index (χ1v) is 12.4. The lowest BCUT2D eigenvalue weighted by atomic mass is 9.94. The minimum atomic E-state index is -0.357. The summed E-state index contributed by atoms with van der Waals surface area (Å²) in [6, 6.07) is 12.2. The quantitative estimate of drug-likeness (QED) is 0.639. The normalized spacial score (nSPS) is 23.3. The molecule has 1 saturated carbocycles. The molecular weight excluding hydrogens is 462 g/mol. The molecular formula is C27H31N3O6. The first-order valence-electron chi connectivity index (χ1n) is 12.4. The van der Waals surface area contributed by atoms with Crippen molar-refractivity contribution in [2.75, 3.05) is 31.4 Å². The standard InChI is InChI=1S/C27H31N3O6/c1-30-22-10-9-20(14-25(31)28-17-4-3-5-19(12-17)34-2)36-24(22)15-35-23-11-8-18(13-21(23)27(30)33)29-26(32)16-6-7-16/h3-5,8,11-13,16,20,22,24H,6-7,9-10,14-15H2,1-2H3,(H,28,31)(H,29,32)/t20-,22-,24-/m0/s1. The van der Waals surface area contributed by atoms with Crippen molar-refractivity contribution in [1.82, 2.24) is 4.90 Å². The first kappa shape index (κ1) is 24.1. The Morgan fingerprint density at radius 2 is 1.86 bits per heavy atom. The Balaban J connectivity index is 1.23. The molecule has 1 saturated heterocycles. The lowest BCUT2D eigenvalue weighted by molar-refractivity contribution is -0.130. The van der Waals surface area contributed by atoms with E-state index in [0.717, 1.165) is 12.8 Å². The zero-order chi connectivity index (χ0) is 25.2. The van der Waals surface area contributed by atoms with E-state index in [0.29, 0.717) is 41.3 Å². The highest BCUT2D eigenvalue weighted by Gasteiger charge is 2.39. The number of nitrogens with zero attached hydrogens (tertiary/aromatic N) is 1. The van der Waals surface area contributed by atoms with E-state index in [1.54, 1.807) is 43.3 Å². The zero-order valence-corrected chi connectivity index (χ0v) is 20.5. The van der Waals surface area contributed by atoms with Gasteiger partial charge in [0.05, 0.1) is 31.2 Å². The zero-order valence-electron chi connectivity index (χ0n) is 20.5. The van der Waals surface area contributed by atoms with Gasteiger partial charge in [-0.2, -0.15) is 0 Å². The van der Waals surface area contributed by atoms with Crippen LogP contribution >= 0.6 is 0 Å². The third-order valence-corrected chi connectivity index (χ3v) is 6.99. The van der Waals surface area contributed by atoms with Crippen molar-refractivity contribution in [2.24, 2.45) is 5.92 Å². The van der Waals surface area contributed by atoms with E-state index in [1.165, 1.54) is 0 Å². The van der Waals surface area contributed by atoms with E-state index in [9.17, 15) is 14.4 Å². The molecule has 0 radical (unpaired) electrons. The Morgan fingerprint density at radius 1 is 1.06 bits per heavy atom. The van der Waals surface area contributed by atoms with Crippen LogP contribution in [0.5, 0.6) is 11.5 Å². The highest BCUT2D eigenvalue weighted by Crippen LogP contribution is 2.34.